The van der Waals surface area contributed by atoms with Gasteiger partial charge >= 0.3 is 12.1 Å². The number of carboxylic acids is 1. The first kappa shape index (κ1) is 27.6. The summed E-state index contributed by atoms with van der Waals surface area (Å²) in [5.74, 6) is -0.472. The highest BCUT2D eigenvalue weighted by molar-refractivity contribution is 6.30. The molecule has 0 saturated carbocycles. The van der Waals surface area contributed by atoms with Gasteiger partial charge in [-0.05, 0) is 72.0 Å². The Balaban J connectivity index is 1.27. The molecular weight excluding hydrogens is 559 g/mol. The second kappa shape index (κ2) is 11.0. The first-order valence-corrected chi connectivity index (χ1v) is 13.7. The summed E-state index contributed by atoms with van der Waals surface area (Å²) in [5.41, 5.74) is 2.88. The lowest BCUT2D eigenvalue weighted by Gasteiger charge is -2.31. The minimum absolute atomic E-state index is 0.0294. The van der Waals surface area contributed by atoms with Gasteiger partial charge in [-0.15, -0.1) is 0 Å². The quantitative estimate of drug-likeness (QED) is 0.260. The molecule has 0 radical (unpaired) electrons. The molecule has 6 rings (SSSR count). The number of nitrogens with zero attached hydrogens (tertiary/aromatic N) is 3. The lowest BCUT2D eigenvalue weighted by molar-refractivity contribution is -0.139. The number of hydrogen-bond donors (Lipinski definition) is 1. The molecule has 3 aromatic carbocycles. The van der Waals surface area contributed by atoms with Gasteiger partial charge in [-0.2, -0.15) is 13.2 Å². The largest absolute Gasteiger partial charge is 0.488 e. The number of fused-ring (bicyclic) bond motifs is 2. The van der Waals surface area contributed by atoms with Crippen LogP contribution in [0.1, 0.15) is 44.9 Å². The smallest absolute Gasteiger partial charge is 0.419 e. The Kier molecular flexibility index (Phi) is 7.39. The Bertz CT molecular complexity index is 1620. The summed E-state index contributed by atoms with van der Waals surface area (Å²) < 4.78 is 55.2. The zero-order valence-corrected chi connectivity index (χ0v) is 22.7. The van der Waals surface area contributed by atoms with Crippen molar-refractivity contribution in [2.45, 2.75) is 51.4 Å². The van der Waals surface area contributed by atoms with E-state index in [9.17, 15) is 23.1 Å². The fraction of sp³-hybridized carbons (Fsp3) is 0.333. The average Bonchev–Trinajstić information content (AvgIpc) is 3.24. The number of aromatic nitrogens is 2. The van der Waals surface area contributed by atoms with Crippen LogP contribution in [0.4, 0.5) is 13.2 Å². The third-order valence-electron chi connectivity index (χ3n) is 7.60. The van der Waals surface area contributed by atoms with E-state index in [2.05, 4.69) is 4.90 Å². The first-order valence-electron chi connectivity index (χ1n) is 13.3. The fourth-order valence-corrected chi connectivity index (χ4v) is 5.58. The maximum atomic E-state index is 14.0. The Labute approximate surface area is 239 Å². The molecule has 1 aromatic heterocycles. The van der Waals surface area contributed by atoms with E-state index >= 15 is 0 Å². The summed E-state index contributed by atoms with van der Waals surface area (Å²) in [6.07, 6.45) is -3.17. The number of halogens is 4. The SMILES string of the molecule is O=C(O)c1ccc2nc(CN3CCc4cc(C(F)(F)F)c(OCc5cccc(Cl)c5)cc4C3)n(C[C@@H]3CCO3)c2c1. The molecule has 1 fully saturated rings. The second-order valence-electron chi connectivity index (χ2n) is 10.4. The van der Waals surface area contributed by atoms with Crippen LogP contribution >= 0.6 is 11.6 Å². The van der Waals surface area contributed by atoms with Crippen LogP contribution in [0.5, 0.6) is 5.75 Å². The molecule has 1 atom stereocenters. The van der Waals surface area contributed by atoms with Gasteiger partial charge in [0.1, 0.15) is 18.2 Å². The number of ether oxygens (including phenoxy) is 2. The lowest BCUT2D eigenvalue weighted by atomic mass is 9.96. The van der Waals surface area contributed by atoms with Gasteiger partial charge in [0.05, 0.1) is 41.4 Å². The van der Waals surface area contributed by atoms with Crippen molar-refractivity contribution in [3.8, 4) is 5.75 Å². The minimum Gasteiger partial charge on any atom is -0.488 e. The van der Waals surface area contributed by atoms with Gasteiger partial charge in [-0.3, -0.25) is 4.90 Å². The molecule has 0 unspecified atom stereocenters. The summed E-state index contributed by atoms with van der Waals surface area (Å²) in [4.78, 5) is 18.5. The first-order chi connectivity index (χ1) is 19.6. The summed E-state index contributed by atoms with van der Waals surface area (Å²) in [6.45, 7) is 2.62. The van der Waals surface area contributed by atoms with Crippen molar-refractivity contribution in [2.75, 3.05) is 13.2 Å². The van der Waals surface area contributed by atoms with Crippen LogP contribution in [0.3, 0.4) is 0 Å². The third kappa shape index (κ3) is 5.91. The standard InChI is InChI=1S/C30H27ClF3N3O4/c31-22-3-1-2-18(10-22)17-41-27-13-21-14-36(8-6-19(21)11-24(27)30(32,33)34)16-28-35-25-5-4-20(29(38)39)12-26(25)37(28)15-23-7-9-40-23/h1-5,10-13,23H,6-9,14-17H2,(H,38,39)/t23-/m0/s1. The molecule has 41 heavy (non-hydrogen) atoms. The number of carboxylic acid groups (broad SMARTS) is 1. The highest BCUT2D eigenvalue weighted by Crippen LogP contribution is 2.40. The van der Waals surface area contributed by atoms with Crippen LogP contribution < -0.4 is 4.74 Å². The monoisotopic (exact) mass is 585 g/mol. The summed E-state index contributed by atoms with van der Waals surface area (Å²) in [7, 11) is 0. The Hall–Kier alpha value is -3.60. The van der Waals surface area contributed by atoms with E-state index in [1.54, 1.807) is 36.4 Å². The zero-order valence-electron chi connectivity index (χ0n) is 22.0. The van der Waals surface area contributed by atoms with Gasteiger partial charge in [-0.25, -0.2) is 9.78 Å². The van der Waals surface area contributed by atoms with Crippen LogP contribution in [0.15, 0.2) is 54.6 Å². The van der Waals surface area contributed by atoms with Gasteiger partial charge in [-0.1, -0.05) is 23.7 Å². The van der Waals surface area contributed by atoms with Gasteiger partial charge < -0.3 is 19.1 Å². The third-order valence-corrected chi connectivity index (χ3v) is 7.84. The molecule has 1 saturated heterocycles. The van der Waals surface area contributed by atoms with E-state index < -0.39 is 17.7 Å². The van der Waals surface area contributed by atoms with Crippen molar-refractivity contribution >= 4 is 28.6 Å². The highest BCUT2D eigenvalue weighted by atomic mass is 35.5. The fourth-order valence-electron chi connectivity index (χ4n) is 5.37. The molecule has 214 valence electrons. The van der Waals surface area contributed by atoms with E-state index in [0.717, 1.165) is 23.3 Å². The van der Waals surface area contributed by atoms with Gasteiger partial charge in [0.2, 0.25) is 0 Å². The summed E-state index contributed by atoms with van der Waals surface area (Å²) >= 11 is 6.02. The lowest BCUT2D eigenvalue weighted by Crippen LogP contribution is -2.34. The van der Waals surface area contributed by atoms with Crippen molar-refractivity contribution in [3.05, 3.63) is 93.3 Å². The number of benzene rings is 3. The average molecular weight is 586 g/mol. The Morgan fingerprint density at radius 3 is 2.68 bits per heavy atom. The van der Waals surface area contributed by atoms with E-state index in [0.29, 0.717) is 60.9 Å². The van der Waals surface area contributed by atoms with Crippen molar-refractivity contribution in [1.82, 2.24) is 14.5 Å². The minimum atomic E-state index is -4.56. The van der Waals surface area contributed by atoms with Gasteiger partial charge in [0.15, 0.2) is 0 Å². The number of alkyl halides is 3. The van der Waals surface area contributed by atoms with Crippen LogP contribution in [-0.4, -0.2) is 44.8 Å². The molecule has 7 nitrogen and oxygen atoms in total. The number of rotatable bonds is 8. The maximum absolute atomic E-state index is 14.0. The van der Waals surface area contributed by atoms with Gasteiger partial charge in [0, 0.05) is 24.7 Å². The van der Waals surface area contributed by atoms with E-state index in [4.69, 9.17) is 26.1 Å². The van der Waals surface area contributed by atoms with Crippen LogP contribution in [-0.2, 0) is 43.6 Å². The van der Waals surface area contributed by atoms with Crippen LogP contribution in [0.2, 0.25) is 5.02 Å². The number of aromatic carboxylic acids is 1. The van der Waals surface area contributed by atoms with Crippen molar-refractivity contribution in [3.63, 3.8) is 0 Å². The highest BCUT2D eigenvalue weighted by Gasteiger charge is 2.36. The Morgan fingerprint density at radius 1 is 1.15 bits per heavy atom. The van der Waals surface area contributed by atoms with E-state index in [-0.39, 0.29) is 24.0 Å². The summed E-state index contributed by atoms with van der Waals surface area (Å²) in [6, 6.07) is 14.4. The van der Waals surface area contributed by atoms with Crippen molar-refractivity contribution < 1.29 is 32.5 Å². The molecule has 2 aliphatic heterocycles. The normalized spacial score (nSPS) is 17.3. The molecule has 11 heteroatoms. The van der Waals surface area contributed by atoms with Gasteiger partial charge in [0.25, 0.3) is 0 Å². The molecule has 0 aliphatic carbocycles. The predicted molar refractivity (Wildman–Crippen MR) is 146 cm³/mol. The molecule has 3 heterocycles. The number of hydrogen-bond acceptors (Lipinski definition) is 5. The second-order valence-corrected chi connectivity index (χ2v) is 10.9. The summed E-state index contributed by atoms with van der Waals surface area (Å²) in [5, 5.41) is 9.98. The van der Waals surface area contributed by atoms with Crippen molar-refractivity contribution in [2.24, 2.45) is 0 Å². The Morgan fingerprint density at radius 2 is 1.98 bits per heavy atom. The molecule has 0 spiro atoms. The molecular formula is C30H27ClF3N3O4. The molecule has 4 aromatic rings. The number of carbonyl (C=O) groups is 1. The molecule has 1 N–H and O–H groups in total. The predicted octanol–water partition coefficient (Wildman–Crippen LogP) is 6.33. The van der Waals surface area contributed by atoms with Crippen LogP contribution in [0.25, 0.3) is 11.0 Å². The van der Waals surface area contributed by atoms with E-state index in [1.165, 1.54) is 18.2 Å². The van der Waals surface area contributed by atoms with E-state index in [1.807, 2.05) is 4.57 Å². The molecule has 2 aliphatic rings. The van der Waals surface area contributed by atoms with Crippen molar-refractivity contribution in [1.29, 1.82) is 0 Å². The van der Waals surface area contributed by atoms with Crippen LogP contribution in [0, 0.1) is 0 Å². The topological polar surface area (TPSA) is 76.8 Å². The molecule has 0 bridgehead atoms. The zero-order chi connectivity index (χ0) is 28.7. The molecule has 0 amide bonds. The maximum Gasteiger partial charge on any atom is 0.419 e. The number of imidazole rings is 1.